The molecule has 126 valence electrons. The SMILES string of the molecule is CC(C)(C)NC(=O)c1ccccc1NC(=O)Nc1ccc(Cl)cc1. The molecular formula is C18H20ClN3O2. The van der Waals surface area contributed by atoms with Crippen LogP contribution in [-0.2, 0) is 0 Å². The summed E-state index contributed by atoms with van der Waals surface area (Å²) in [5.74, 6) is -0.245. The van der Waals surface area contributed by atoms with Crippen molar-refractivity contribution in [2.75, 3.05) is 10.6 Å². The van der Waals surface area contributed by atoms with E-state index in [0.717, 1.165) is 0 Å². The lowest BCUT2D eigenvalue weighted by molar-refractivity contribution is 0.0920. The molecule has 2 aromatic rings. The van der Waals surface area contributed by atoms with Crippen LogP contribution in [0.25, 0.3) is 0 Å². The van der Waals surface area contributed by atoms with Gasteiger partial charge in [-0.1, -0.05) is 23.7 Å². The van der Waals surface area contributed by atoms with Crippen LogP contribution in [0.2, 0.25) is 5.02 Å². The van der Waals surface area contributed by atoms with Crippen molar-refractivity contribution in [3.63, 3.8) is 0 Å². The third kappa shape index (κ3) is 5.28. The van der Waals surface area contributed by atoms with Crippen LogP contribution >= 0.6 is 11.6 Å². The van der Waals surface area contributed by atoms with E-state index in [1.807, 2.05) is 20.8 Å². The molecule has 0 aliphatic heterocycles. The Bertz CT molecular complexity index is 737. The molecule has 0 saturated heterocycles. The van der Waals surface area contributed by atoms with Crippen molar-refractivity contribution in [1.82, 2.24) is 5.32 Å². The molecule has 3 amide bonds. The number of rotatable bonds is 3. The second kappa shape index (κ2) is 7.36. The van der Waals surface area contributed by atoms with E-state index in [1.165, 1.54) is 0 Å². The van der Waals surface area contributed by atoms with Gasteiger partial charge in [-0.05, 0) is 57.2 Å². The van der Waals surface area contributed by atoms with Crippen LogP contribution in [0.5, 0.6) is 0 Å². The molecule has 3 N–H and O–H groups in total. The van der Waals surface area contributed by atoms with Crippen LogP contribution in [0.15, 0.2) is 48.5 Å². The molecule has 0 aliphatic carbocycles. The fourth-order valence-corrected chi connectivity index (χ4v) is 2.14. The van der Waals surface area contributed by atoms with E-state index < -0.39 is 6.03 Å². The Balaban J connectivity index is 2.10. The molecule has 0 saturated carbocycles. The summed E-state index contributed by atoms with van der Waals surface area (Å²) in [6.45, 7) is 5.69. The molecule has 2 aromatic carbocycles. The number of urea groups is 1. The lowest BCUT2D eigenvalue weighted by Crippen LogP contribution is -2.41. The first-order chi connectivity index (χ1) is 11.2. The van der Waals surface area contributed by atoms with Gasteiger partial charge in [0.1, 0.15) is 0 Å². The van der Waals surface area contributed by atoms with E-state index in [-0.39, 0.29) is 11.4 Å². The smallest absolute Gasteiger partial charge is 0.323 e. The maximum atomic E-state index is 12.4. The summed E-state index contributed by atoms with van der Waals surface area (Å²) in [6.07, 6.45) is 0. The lowest BCUT2D eigenvalue weighted by atomic mass is 10.1. The van der Waals surface area contributed by atoms with Crippen LogP contribution in [-0.4, -0.2) is 17.5 Å². The van der Waals surface area contributed by atoms with Crippen molar-refractivity contribution in [1.29, 1.82) is 0 Å². The molecular weight excluding hydrogens is 326 g/mol. The van der Waals surface area contributed by atoms with Crippen LogP contribution in [0, 0.1) is 0 Å². The van der Waals surface area contributed by atoms with E-state index >= 15 is 0 Å². The maximum absolute atomic E-state index is 12.4. The average molecular weight is 346 g/mol. The molecule has 0 atom stereocenters. The number of hydrogen-bond acceptors (Lipinski definition) is 2. The van der Waals surface area contributed by atoms with Gasteiger partial charge in [0, 0.05) is 16.2 Å². The largest absolute Gasteiger partial charge is 0.347 e. The number of para-hydroxylation sites is 1. The normalized spacial score (nSPS) is 10.8. The van der Waals surface area contributed by atoms with E-state index in [2.05, 4.69) is 16.0 Å². The minimum absolute atomic E-state index is 0.245. The monoisotopic (exact) mass is 345 g/mol. The minimum Gasteiger partial charge on any atom is -0.347 e. The van der Waals surface area contributed by atoms with Crippen molar-refractivity contribution >= 4 is 34.9 Å². The number of carbonyl (C=O) groups is 2. The number of nitrogens with one attached hydrogen (secondary N) is 3. The van der Waals surface area contributed by atoms with Crippen LogP contribution in [0.1, 0.15) is 31.1 Å². The van der Waals surface area contributed by atoms with Gasteiger partial charge in [0.15, 0.2) is 0 Å². The molecule has 24 heavy (non-hydrogen) atoms. The zero-order valence-electron chi connectivity index (χ0n) is 13.8. The number of benzene rings is 2. The standard InChI is InChI=1S/C18H20ClN3O2/c1-18(2,3)22-16(23)14-6-4-5-7-15(14)21-17(24)20-13-10-8-12(19)9-11-13/h4-11H,1-3H3,(H,22,23)(H2,20,21,24). The van der Waals surface area contributed by atoms with Crippen molar-refractivity contribution in [2.24, 2.45) is 0 Å². The minimum atomic E-state index is -0.437. The van der Waals surface area contributed by atoms with Gasteiger partial charge in [-0.25, -0.2) is 4.79 Å². The highest BCUT2D eigenvalue weighted by Crippen LogP contribution is 2.18. The predicted octanol–water partition coefficient (Wildman–Crippen LogP) is 4.51. The van der Waals surface area contributed by atoms with E-state index in [9.17, 15) is 9.59 Å². The van der Waals surface area contributed by atoms with Gasteiger partial charge in [0.2, 0.25) is 0 Å². The Hall–Kier alpha value is -2.53. The second-order valence-corrected chi connectivity index (χ2v) is 6.77. The Morgan fingerprint density at radius 2 is 1.54 bits per heavy atom. The molecule has 0 aromatic heterocycles. The summed E-state index contributed by atoms with van der Waals surface area (Å²) < 4.78 is 0. The first-order valence-electron chi connectivity index (χ1n) is 7.50. The molecule has 0 heterocycles. The highest BCUT2D eigenvalue weighted by molar-refractivity contribution is 6.30. The van der Waals surface area contributed by atoms with Crippen LogP contribution in [0.4, 0.5) is 16.2 Å². The van der Waals surface area contributed by atoms with Gasteiger partial charge in [-0.3, -0.25) is 4.79 Å². The molecule has 5 nitrogen and oxygen atoms in total. The number of hydrogen-bond donors (Lipinski definition) is 3. The molecule has 2 rings (SSSR count). The van der Waals surface area contributed by atoms with Gasteiger partial charge < -0.3 is 16.0 Å². The van der Waals surface area contributed by atoms with Crippen LogP contribution < -0.4 is 16.0 Å². The van der Waals surface area contributed by atoms with Gasteiger partial charge >= 0.3 is 6.03 Å². The van der Waals surface area contributed by atoms with E-state index in [0.29, 0.717) is 22.0 Å². The summed E-state index contributed by atoms with van der Waals surface area (Å²) in [5, 5.41) is 8.86. The number of carbonyl (C=O) groups excluding carboxylic acids is 2. The third-order valence-electron chi connectivity index (χ3n) is 3.01. The fourth-order valence-electron chi connectivity index (χ4n) is 2.02. The van der Waals surface area contributed by atoms with Gasteiger partial charge in [-0.2, -0.15) is 0 Å². The first-order valence-corrected chi connectivity index (χ1v) is 7.87. The lowest BCUT2D eigenvalue weighted by Gasteiger charge is -2.21. The highest BCUT2D eigenvalue weighted by atomic mass is 35.5. The summed E-state index contributed by atoms with van der Waals surface area (Å²) >= 11 is 5.81. The first kappa shape index (κ1) is 17.8. The Labute approximate surface area is 146 Å². The highest BCUT2D eigenvalue weighted by Gasteiger charge is 2.18. The molecule has 0 unspecified atom stereocenters. The van der Waals surface area contributed by atoms with Crippen LogP contribution in [0.3, 0.4) is 0 Å². The molecule has 0 bridgehead atoms. The summed E-state index contributed by atoms with van der Waals surface area (Å²) in [6, 6.07) is 13.2. The van der Waals surface area contributed by atoms with Gasteiger partial charge in [0.25, 0.3) is 5.91 Å². The summed E-state index contributed by atoms with van der Waals surface area (Å²) in [7, 11) is 0. The second-order valence-electron chi connectivity index (χ2n) is 6.34. The van der Waals surface area contributed by atoms with Gasteiger partial charge in [0.05, 0.1) is 11.3 Å². The Morgan fingerprint density at radius 3 is 2.17 bits per heavy atom. The van der Waals surface area contributed by atoms with Crippen molar-refractivity contribution in [3.8, 4) is 0 Å². The molecule has 0 radical (unpaired) electrons. The predicted molar refractivity (Wildman–Crippen MR) is 97.8 cm³/mol. The quantitative estimate of drug-likeness (QED) is 0.765. The number of amides is 3. The summed E-state index contributed by atoms with van der Waals surface area (Å²) in [5.41, 5.74) is 1.08. The Morgan fingerprint density at radius 1 is 0.917 bits per heavy atom. The van der Waals surface area contributed by atoms with Crippen molar-refractivity contribution < 1.29 is 9.59 Å². The maximum Gasteiger partial charge on any atom is 0.323 e. The summed E-state index contributed by atoms with van der Waals surface area (Å²) in [4.78, 5) is 24.5. The molecule has 0 fully saturated rings. The number of halogens is 1. The van der Waals surface area contributed by atoms with Crippen molar-refractivity contribution in [3.05, 3.63) is 59.1 Å². The topological polar surface area (TPSA) is 70.2 Å². The average Bonchev–Trinajstić information content (AvgIpc) is 2.48. The zero-order chi connectivity index (χ0) is 17.7. The molecule has 0 aliphatic rings. The van der Waals surface area contributed by atoms with Crippen molar-refractivity contribution in [2.45, 2.75) is 26.3 Å². The molecule has 6 heteroatoms. The molecule has 0 spiro atoms. The van der Waals surface area contributed by atoms with E-state index in [1.54, 1.807) is 48.5 Å². The van der Waals surface area contributed by atoms with Gasteiger partial charge in [-0.15, -0.1) is 0 Å². The van der Waals surface area contributed by atoms with E-state index in [4.69, 9.17) is 11.6 Å². The fraction of sp³-hybridized carbons (Fsp3) is 0.222. The third-order valence-corrected chi connectivity index (χ3v) is 3.26. The zero-order valence-corrected chi connectivity index (χ0v) is 14.6. The number of anilines is 2. The Kier molecular flexibility index (Phi) is 5.46.